The Morgan fingerprint density at radius 3 is 2.83 bits per heavy atom. The van der Waals surface area contributed by atoms with E-state index in [9.17, 15) is 4.79 Å². The molecular weight excluding hydrogens is 160 g/mol. The number of hydrogen-bond donors (Lipinski definition) is 2. The van der Waals surface area contributed by atoms with Gasteiger partial charge in [-0.1, -0.05) is 0 Å². The summed E-state index contributed by atoms with van der Waals surface area (Å²) in [6.45, 7) is 0.245. The van der Waals surface area contributed by atoms with Gasteiger partial charge < -0.3 is 10.2 Å². The molecule has 66 valence electrons. The number of likely N-dealkylation sites (tertiary alicyclic amines) is 1. The van der Waals surface area contributed by atoms with E-state index in [4.69, 9.17) is 15.5 Å². The average molecular weight is 170 g/mol. The van der Waals surface area contributed by atoms with Crippen molar-refractivity contribution in [2.75, 3.05) is 6.54 Å². The third-order valence-corrected chi connectivity index (χ3v) is 1.97. The predicted molar refractivity (Wildman–Crippen MR) is 39.4 cm³/mol. The van der Waals surface area contributed by atoms with E-state index >= 15 is 0 Å². The molecule has 1 saturated heterocycles. The molecule has 2 N–H and O–H groups in total. The highest BCUT2D eigenvalue weighted by Crippen LogP contribution is 2.16. The fraction of sp³-hybridized carbons (Fsp3) is 0.714. The lowest BCUT2D eigenvalue weighted by atomic mass is 10.0. The lowest BCUT2D eigenvalue weighted by Gasteiger charge is -2.31. The molecule has 0 aliphatic carbocycles. The van der Waals surface area contributed by atoms with Crippen LogP contribution in [0.1, 0.15) is 12.8 Å². The van der Waals surface area contributed by atoms with Crippen LogP contribution in [0.5, 0.6) is 0 Å². The number of nitriles is 1. The maximum Gasteiger partial charge on any atom is 0.408 e. The zero-order valence-corrected chi connectivity index (χ0v) is 6.47. The van der Waals surface area contributed by atoms with E-state index in [0.29, 0.717) is 6.42 Å². The van der Waals surface area contributed by atoms with E-state index in [1.165, 1.54) is 0 Å². The van der Waals surface area contributed by atoms with Gasteiger partial charge in [0.25, 0.3) is 0 Å². The second-order valence-corrected chi connectivity index (χ2v) is 2.80. The topological polar surface area (TPSA) is 84.6 Å². The summed E-state index contributed by atoms with van der Waals surface area (Å²) in [5.41, 5.74) is 0. The first kappa shape index (κ1) is 8.81. The van der Waals surface area contributed by atoms with Crippen LogP contribution in [0.4, 0.5) is 4.79 Å². The molecule has 1 fully saturated rings. The molecule has 1 rings (SSSR count). The third kappa shape index (κ3) is 1.66. The Labute approximate surface area is 69.8 Å². The second kappa shape index (κ2) is 3.41. The van der Waals surface area contributed by atoms with Gasteiger partial charge >= 0.3 is 6.09 Å². The minimum Gasteiger partial charge on any atom is -0.465 e. The number of carbonyl (C=O) groups is 1. The molecule has 1 aliphatic rings. The number of rotatable bonds is 0. The maximum absolute atomic E-state index is 10.5. The number of aliphatic hydroxyl groups excluding tert-OH is 1. The summed E-state index contributed by atoms with van der Waals surface area (Å²) in [6, 6.07) is 1.16. The van der Waals surface area contributed by atoms with Crippen LogP contribution in [0.2, 0.25) is 0 Å². The Morgan fingerprint density at radius 1 is 1.67 bits per heavy atom. The average Bonchev–Trinajstić information content (AvgIpc) is 2.03. The first-order valence-corrected chi connectivity index (χ1v) is 3.72. The molecule has 0 bridgehead atoms. The molecule has 12 heavy (non-hydrogen) atoms. The summed E-state index contributed by atoms with van der Waals surface area (Å²) in [6.07, 6.45) is -0.980. The van der Waals surface area contributed by atoms with Gasteiger partial charge in [-0.05, 0) is 6.42 Å². The molecule has 5 heteroatoms. The Hall–Kier alpha value is -1.28. The van der Waals surface area contributed by atoms with E-state index in [0.717, 1.165) is 4.90 Å². The minimum atomic E-state index is -1.09. The maximum atomic E-state index is 10.5. The number of amides is 1. The van der Waals surface area contributed by atoms with Crippen LogP contribution >= 0.6 is 0 Å². The number of piperidine rings is 1. The molecular formula is C7H10N2O3. The minimum absolute atomic E-state index is 0.225. The zero-order chi connectivity index (χ0) is 9.14. The van der Waals surface area contributed by atoms with E-state index in [2.05, 4.69) is 0 Å². The highest BCUT2D eigenvalue weighted by Gasteiger charge is 2.30. The summed E-state index contributed by atoms with van der Waals surface area (Å²) < 4.78 is 0. The molecule has 0 aromatic heterocycles. The van der Waals surface area contributed by atoms with Gasteiger partial charge in [-0.25, -0.2) is 4.79 Å². The standard InChI is InChI=1S/C7H10N2O3/c8-4-5-3-6(10)1-2-9(5)7(11)12/h5-6,10H,1-3H2,(H,11,12). The van der Waals surface area contributed by atoms with Crippen molar-refractivity contribution in [3.8, 4) is 6.07 Å². The zero-order valence-electron chi connectivity index (χ0n) is 6.47. The van der Waals surface area contributed by atoms with Crippen LogP contribution in [0, 0.1) is 11.3 Å². The molecule has 0 aromatic rings. The Bertz CT molecular complexity index is 223. The number of aliphatic hydroxyl groups is 1. The van der Waals surface area contributed by atoms with E-state index in [1.807, 2.05) is 6.07 Å². The summed E-state index contributed by atoms with van der Waals surface area (Å²) in [5.74, 6) is 0. The largest absolute Gasteiger partial charge is 0.465 e. The molecule has 0 spiro atoms. The Morgan fingerprint density at radius 2 is 2.33 bits per heavy atom. The highest BCUT2D eigenvalue weighted by molar-refractivity contribution is 5.66. The third-order valence-electron chi connectivity index (χ3n) is 1.97. The van der Waals surface area contributed by atoms with Gasteiger partial charge in [-0.15, -0.1) is 0 Å². The number of carboxylic acid groups (broad SMARTS) is 1. The Kier molecular flexibility index (Phi) is 2.51. The molecule has 2 atom stereocenters. The lowest BCUT2D eigenvalue weighted by molar-refractivity contribution is 0.0589. The van der Waals surface area contributed by atoms with Crippen LogP contribution < -0.4 is 0 Å². The van der Waals surface area contributed by atoms with Crippen molar-refractivity contribution in [2.24, 2.45) is 0 Å². The quantitative estimate of drug-likeness (QED) is 0.536. The van der Waals surface area contributed by atoms with Gasteiger partial charge in [-0.2, -0.15) is 5.26 Å². The van der Waals surface area contributed by atoms with E-state index in [-0.39, 0.29) is 13.0 Å². The normalized spacial score (nSPS) is 29.5. The predicted octanol–water partition coefficient (Wildman–Crippen LogP) is 0.0133. The van der Waals surface area contributed by atoms with Crippen molar-refractivity contribution in [1.82, 2.24) is 4.90 Å². The van der Waals surface area contributed by atoms with Crippen molar-refractivity contribution in [2.45, 2.75) is 25.0 Å². The van der Waals surface area contributed by atoms with Crippen molar-refractivity contribution in [3.05, 3.63) is 0 Å². The van der Waals surface area contributed by atoms with Gasteiger partial charge in [0.15, 0.2) is 0 Å². The van der Waals surface area contributed by atoms with Crippen molar-refractivity contribution in [1.29, 1.82) is 5.26 Å². The van der Waals surface area contributed by atoms with Crippen LogP contribution in [0.15, 0.2) is 0 Å². The van der Waals surface area contributed by atoms with E-state index < -0.39 is 18.2 Å². The summed E-state index contributed by atoms with van der Waals surface area (Å²) in [7, 11) is 0. The molecule has 0 radical (unpaired) electrons. The molecule has 2 unspecified atom stereocenters. The monoisotopic (exact) mass is 170 g/mol. The highest BCUT2D eigenvalue weighted by atomic mass is 16.4. The summed E-state index contributed by atoms with van der Waals surface area (Å²) in [4.78, 5) is 11.6. The SMILES string of the molecule is N#CC1CC(O)CCN1C(=O)O. The van der Waals surface area contributed by atoms with Crippen LogP contribution in [-0.2, 0) is 0 Å². The molecule has 5 nitrogen and oxygen atoms in total. The van der Waals surface area contributed by atoms with Crippen molar-refractivity contribution >= 4 is 6.09 Å². The Balaban J connectivity index is 2.64. The molecule has 0 saturated carbocycles. The number of hydrogen-bond acceptors (Lipinski definition) is 3. The molecule has 1 heterocycles. The van der Waals surface area contributed by atoms with Gasteiger partial charge in [-0.3, -0.25) is 4.90 Å². The smallest absolute Gasteiger partial charge is 0.408 e. The van der Waals surface area contributed by atoms with Crippen molar-refractivity contribution < 1.29 is 15.0 Å². The molecule has 1 amide bonds. The van der Waals surface area contributed by atoms with Crippen LogP contribution in [0.25, 0.3) is 0 Å². The lowest BCUT2D eigenvalue weighted by Crippen LogP contribution is -2.46. The van der Waals surface area contributed by atoms with Gasteiger partial charge in [0, 0.05) is 13.0 Å². The first-order chi connectivity index (χ1) is 5.65. The van der Waals surface area contributed by atoms with Gasteiger partial charge in [0.05, 0.1) is 12.2 Å². The second-order valence-electron chi connectivity index (χ2n) is 2.80. The van der Waals surface area contributed by atoms with Crippen LogP contribution in [0.3, 0.4) is 0 Å². The summed E-state index contributed by atoms with van der Waals surface area (Å²) in [5, 5.41) is 26.3. The van der Waals surface area contributed by atoms with E-state index in [1.54, 1.807) is 0 Å². The van der Waals surface area contributed by atoms with Crippen molar-refractivity contribution in [3.63, 3.8) is 0 Å². The molecule has 1 aliphatic heterocycles. The first-order valence-electron chi connectivity index (χ1n) is 3.72. The fourth-order valence-corrected chi connectivity index (χ4v) is 1.30. The van der Waals surface area contributed by atoms with Gasteiger partial charge in [0.2, 0.25) is 0 Å². The van der Waals surface area contributed by atoms with Gasteiger partial charge in [0.1, 0.15) is 6.04 Å². The number of nitrogens with zero attached hydrogens (tertiary/aromatic N) is 2. The summed E-state index contributed by atoms with van der Waals surface area (Å²) >= 11 is 0. The fourth-order valence-electron chi connectivity index (χ4n) is 1.30. The molecule has 0 aromatic carbocycles. The van der Waals surface area contributed by atoms with Crippen LogP contribution in [-0.4, -0.2) is 39.9 Å².